The first-order valence-electron chi connectivity index (χ1n) is 4.67. The van der Waals surface area contributed by atoms with Crippen molar-refractivity contribution < 1.29 is 9.47 Å². The minimum Gasteiger partial charge on any atom is -0.378 e. The molecule has 2 rings (SSSR count). The Bertz CT molecular complexity index is 322. The van der Waals surface area contributed by atoms with Gasteiger partial charge in [0.25, 0.3) is 0 Å². The molecule has 1 aromatic rings. The average Bonchev–Trinajstić information content (AvgIpc) is 2.55. The molecule has 2 heterocycles. The molecule has 1 saturated heterocycles. The fourth-order valence-corrected chi connectivity index (χ4v) is 1.37. The molecule has 0 N–H and O–H groups in total. The maximum absolute atomic E-state index is 5.45. The van der Waals surface area contributed by atoms with Crippen molar-refractivity contribution in [3.8, 4) is 0 Å². The van der Waals surface area contributed by atoms with Crippen molar-refractivity contribution in [2.24, 2.45) is 0 Å². The van der Waals surface area contributed by atoms with Gasteiger partial charge in [0.2, 0.25) is 0 Å². The van der Waals surface area contributed by atoms with Crippen LogP contribution >= 0.6 is 0 Å². The second-order valence-corrected chi connectivity index (χ2v) is 4.03. The molecule has 1 unspecified atom stereocenters. The summed E-state index contributed by atoms with van der Waals surface area (Å²) in [7, 11) is 1.64. The van der Waals surface area contributed by atoms with Crippen molar-refractivity contribution in [3.63, 3.8) is 0 Å². The summed E-state index contributed by atoms with van der Waals surface area (Å²) in [5.41, 5.74) is 0.848. The highest BCUT2D eigenvalue weighted by atomic mass is 16.6. The smallest absolute Gasteiger partial charge is 0.108 e. The Morgan fingerprint density at radius 2 is 2.36 bits per heavy atom. The van der Waals surface area contributed by atoms with E-state index in [1.807, 2.05) is 0 Å². The molecule has 0 amide bonds. The lowest BCUT2D eigenvalue weighted by Gasteiger charge is -1.96. The first-order valence-corrected chi connectivity index (χ1v) is 4.67. The summed E-state index contributed by atoms with van der Waals surface area (Å²) in [5, 5.41) is 8.37. The zero-order valence-corrected chi connectivity index (χ0v) is 8.73. The molecule has 0 bridgehead atoms. The molecule has 5 heteroatoms. The molecule has 0 radical (unpaired) electrons. The molecule has 1 fully saturated rings. The van der Waals surface area contributed by atoms with E-state index in [1.165, 1.54) is 0 Å². The predicted molar refractivity (Wildman–Crippen MR) is 49.7 cm³/mol. The third-order valence-electron chi connectivity index (χ3n) is 2.37. The number of aromatic nitrogens is 3. The number of hydrogen-bond acceptors (Lipinski definition) is 4. The van der Waals surface area contributed by atoms with Crippen LogP contribution in [0.1, 0.15) is 19.5 Å². The van der Waals surface area contributed by atoms with Gasteiger partial charge in [0.15, 0.2) is 0 Å². The van der Waals surface area contributed by atoms with Crippen LogP contribution in [0.5, 0.6) is 0 Å². The summed E-state index contributed by atoms with van der Waals surface area (Å²) in [6.07, 6.45) is 1.96. The molecular formula is C9H15N3O2. The highest BCUT2D eigenvalue weighted by molar-refractivity contribution is 4.95. The van der Waals surface area contributed by atoms with Gasteiger partial charge in [0.1, 0.15) is 11.8 Å². The number of ether oxygens (including phenoxy) is 2. The molecule has 0 saturated carbocycles. The molecule has 1 aliphatic heterocycles. The Kier molecular flexibility index (Phi) is 2.28. The number of hydrogen-bond donors (Lipinski definition) is 0. The summed E-state index contributed by atoms with van der Waals surface area (Å²) >= 11 is 0. The van der Waals surface area contributed by atoms with Gasteiger partial charge in [-0.15, -0.1) is 0 Å². The van der Waals surface area contributed by atoms with Gasteiger partial charge in [0, 0.05) is 7.11 Å². The molecule has 0 spiro atoms. The lowest BCUT2D eigenvalue weighted by atomic mass is 10.1. The van der Waals surface area contributed by atoms with Gasteiger partial charge in [-0.3, -0.25) is 0 Å². The van der Waals surface area contributed by atoms with E-state index in [0.29, 0.717) is 6.61 Å². The van der Waals surface area contributed by atoms with Gasteiger partial charge in [-0.1, -0.05) is 0 Å². The number of nitrogens with zero attached hydrogens (tertiary/aromatic N) is 3. The quantitative estimate of drug-likeness (QED) is 0.663. The number of methoxy groups -OCH3 is 1. The van der Waals surface area contributed by atoms with E-state index in [4.69, 9.17) is 9.47 Å². The van der Waals surface area contributed by atoms with Crippen LogP contribution in [0.3, 0.4) is 0 Å². The van der Waals surface area contributed by atoms with Crippen molar-refractivity contribution in [1.82, 2.24) is 15.0 Å². The topological polar surface area (TPSA) is 52.5 Å². The third-order valence-corrected chi connectivity index (χ3v) is 2.37. The summed E-state index contributed by atoms with van der Waals surface area (Å²) in [5.74, 6) is 0. The van der Waals surface area contributed by atoms with Gasteiger partial charge in [-0.05, 0) is 13.8 Å². The molecule has 1 atom stereocenters. The predicted octanol–water partition coefficient (Wildman–Crippen LogP) is 0.602. The minimum absolute atomic E-state index is 0.00491. The largest absolute Gasteiger partial charge is 0.378 e. The Morgan fingerprint density at radius 1 is 1.64 bits per heavy atom. The number of epoxide rings is 1. The first-order chi connectivity index (χ1) is 6.62. The maximum atomic E-state index is 5.45. The van der Waals surface area contributed by atoms with Gasteiger partial charge < -0.3 is 9.47 Å². The molecule has 0 aromatic carbocycles. The highest BCUT2D eigenvalue weighted by Crippen LogP contribution is 2.35. The minimum atomic E-state index is -0.00491. The lowest BCUT2D eigenvalue weighted by Crippen LogP contribution is -2.13. The van der Waals surface area contributed by atoms with Crippen molar-refractivity contribution in [1.29, 1.82) is 0 Å². The number of rotatable bonds is 4. The highest BCUT2D eigenvalue weighted by Gasteiger charge is 2.48. The van der Waals surface area contributed by atoms with Crippen LogP contribution in [-0.2, 0) is 22.6 Å². The molecule has 5 nitrogen and oxygen atoms in total. The molecule has 78 valence electrons. The Morgan fingerprint density at radius 3 is 2.93 bits per heavy atom. The Hall–Kier alpha value is -0.940. The standard InChI is InChI=1S/C9H15N3O2/c1-9(2)8(14-9)5-12-10-4-7(11-12)6-13-3/h4,8H,5-6H2,1-3H3. The monoisotopic (exact) mass is 197 g/mol. The molecule has 0 aliphatic carbocycles. The molecular weight excluding hydrogens is 182 g/mol. The maximum Gasteiger partial charge on any atom is 0.108 e. The molecule has 14 heavy (non-hydrogen) atoms. The van der Waals surface area contributed by atoms with Gasteiger partial charge in [-0.25, -0.2) is 0 Å². The normalized spacial score (nSPS) is 23.8. The summed E-state index contributed by atoms with van der Waals surface area (Å²) in [6.45, 7) is 5.36. The molecule has 1 aromatic heterocycles. The zero-order valence-electron chi connectivity index (χ0n) is 8.73. The van der Waals surface area contributed by atoms with Crippen LogP contribution in [0, 0.1) is 0 Å². The van der Waals surface area contributed by atoms with Crippen LogP contribution in [0.25, 0.3) is 0 Å². The second kappa shape index (κ2) is 3.33. The van der Waals surface area contributed by atoms with Crippen molar-refractivity contribution >= 4 is 0 Å². The van der Waals surface area contributed by atoms with E-state index < -0.39 is 0 Å². The van der Waals surface area contributed by atoms with Crippen LogP contribution in [0.2, 0.25) is 0 Å². The SMILES string of the molecule is COCc1cnn(CC2OC2(C)C)n1. The average molecular weight is 197 g/mol. The van der Waals surface area contributed by atoms with E-state index in [0.717, 1.165) is 12.2 Å². The van der Waals surface area contributed by atoms with E-state index in [9.17, 15) is 0 Å². The Labute approximate surface area is 83.0 Å². The fraction of sp³-hybridized carbons (Fsp3) is 0.778. The third kappa shape index (κ3) is 1.93. The first kappa shape index (κ1) is 9.61. The second-order valence-electron chi connectivity index (χ2n) is 4.03. The summed E-state index contributed by atoms with van der Waals surface area (Å²) in [6, 6.07) is 0. The van der Waals surface area contributed by atoms with E-state index >= 15 is 0 Å². The Balaban J connectivity index is 1.91. The van der Waals surface area contributed by atoms with E-state index in [-0.39, 0.29) is 11.7 Å². The summed E-state index contributed by atoms with van der Waals surface area (Å²) < 4.78 is 10.4. The summed E-state index contributed by atoms with van der Waals surface area (Å²) in [4.78, 5) is 1.66. The van der Waals surface area contributed by atoms with Gasteiger partial charge >= 0.3 is 0 Å². The van der Waals surface area contributed by atoms with E-state index in [1.54, 1.807) is 18.1 Å². The fourth-order valence-electron chi connectivity index (χ4n) is 1.37. The van der Waals surface area contributed by atoms with Crippen molar-refractivity contribution in [2.75, 3.05) is 7.11 Å². The van der Waals surface area contributed by atoms with E-state index in [2.05, 4.69) is 24.0 Å². The molecule has 1 aliphatic rings. The van der Waals surface area contributed by atoms with Crippen molar-refractivity contribution in [3.05, 3.63) is 11.9 Å². The van der Waals surface area contributed by atoms with Crippen LogP contribution in [0.4, 0.5) is 0 Å². The van der Waals surface area contributed by atoms with Gasteiger partial charge in [-0.2, -0.15) is 15.0 Å². The van der Waals surface area contributed by atoms with Crippen LogP contribution in [0.15, 0.2) is 6.20 Å². The van der Waals surface area contributed by atoms with Crippen LogP contribution in [-0.4, -0.2) is 33.8 Å². The zero-order chi connectivity index (χ0) is 10.2. The van der Waals surface area contributed by atoms with Crippen molar-refractivity contribution in [2.45, 2.75) is 38.7 Å². The lowest BCUT2D eigenvalue weighted by molar-refractivity contribution is 0.180. The van der Waals surface area contributed by atoms with Crippen LogP contribution < -0.4 is 0 Å². The van der Waals surface area contributed by atoms with Gasteiger partial charge in [0.05, 0.1) is 24.9 Å².